The average Bonchev–Trinajstić information content (AvgIpc) is 3.89. The van der Waals surface area contributed by atoms with Crippen LogP contribution in [0.2, 0.25) is 0 Å². The number of phosphoric acid groups is 1. The number of carbonyl (C=O) groups is 1. The van der Waals surface area contributed by atoms with E-state index >= 15 is 8.78 Å². The predicted octanol–water partition coefficient (Wildman–Crippen LogP) is 7.39. The fourth-order valence-corrected chi connectivity index (χ4v) is 10.5. The second-order valence-electron chi connectivity index (χ2n) is 15.6. The summed E-state index contributed by atoms with van der Waals surface area (Å²) in [7, 11) is -3.39. The maximum absolute atomic E-state index is 17.5. The van der Waals surface area contributed by atoms with Crippen molar-refractivity contribution in [3.8, 4) is 41.1 Å². The van der Waals surface area contributed by atoms with E-state index in [9.17, 15) is 13.8 Å². The van der Waals surface area contributed by atoms with Gasteiger partial charge in [0.15, 0.2) is 5.82 Å². The zero-order valence-corrected chi connectivity index (χ0v) is 33.9. The fourth-order valence-electron chi connectivity index (χ4n) is 9.23. The van der Waals surface area contributed by atoms with Gasteiger partial charge in [0.1, 0.15) is 52.7 Å². The van der Waals surface area contributed by atoms with Gasteiger partial charge in [-0.1, -0.05) is 24.1 Å². The summed E-state index contributed by atoms with van der Waals surface area (Å²) in [5.74, 6) is 0.195. The first kappa shape index (κ1) is 40.0. The summed E-state index contributed by atoms with van der Waals surface area (Å²) in [6, 6.07) is 11.7. The highest BCUT2D eigenvalue weighted by atomic mass is 31.2. The number of benzene rings is 3. The van der Waals surface area contributed by atoms with Crippen LogP contribution in [0.25, 0.3) is 32.9 Å². The number of piperazine rings is 1. The number of carbonyl (C=O) groups excluding carboxylic acids is 1. The van der Waals surface area contributed by atoms with Crippen molar-refractivity contribution < 1.29 is 45.6 Å². The molecule has 312 valence electrons. The monoisotopic (exact) mass is 842 g/mol. The van der Waals surface area contributed by atoms with Gasteiger partial charge in [-0.25, -0.2) is 22.5 Å². The number of rotatable bonds is 12. The molecule has 0 aliphatic carbocycles. The molecule has 2 bridgehead atoms. The molecule has 4 aliphatic rings. The molecule has 0 saturated carbocycles. The number of fused-ring (bicyclic) bond motifs is 5. The Morgan fingerprint density at radius 3 is 2.65 bits per heavy atom. The van der Waals surface area contributed by atoms with Crippen molar-refractivity contribution in [2.45, 2.75) is 62.8 Å². The molecule has 0 spiro atoms. The van der Waals surface area contributed by atoms with Crippen molar-refractivity contribution in [1.29, 1.82) is 0 Å². The topological polar surface area (TPSA) is 137 Å². The summed E-state index contributed by atoms with van der Waals surface area (Å²) >= 11 is 0. The van der Waals surface area contributed by atoms with Crippen molar-refractivity contribution in [2.75, 3.05) is 51.4 Å². The second-order valence-corrected chi connectivity index (χ2v) is 17.1. The number of terminal acetylenes is 1. The molecular formula is C43H42F3N6O7P. The minimum absolute atomic E-state index is 0.00404. The number of aromatic nitrogens is 3. The van der Waals surface area contributed by atoms with E-state index in [1.165, 1.54) is 43.6 Å². The van der Waals surface area contributed by atoms with E-state index < -0.39 is 37.1 Å². The number of para-hydroxylation sites is 1. The number of pyridine rings is 1. The molecule has 3 aromatic carbocycles. The maximum atomic E-state index is 17.5. The Morgan fingerprint density at radius 1 is 1.08 bits per heavy atom. The summed E-state index contributed by atoms with van der Waals surface area (Å²) in [5, 5.41) is 4.36. The number of alkyl halides is 1. The number of halogens is 3. The van der Waals surface area contributed by atoms with Gasteiger partial charge in [-0.2, -0.15) is 9.97 Å². The highest BCUT2D eigenvalue weighted by Crippen LogP contribution is 2.52. The van der Waals surface area contributed by atoms with Crippen LogP contribution in [-0.4, -0.2) is 96.1 Å². The molecule has 4 fully saturated rings. The fraction of sp³-hybridized carbons (Fsp3) is 0.395. The van der Waals surface area contributed by atoms with E-state index in [-0.39, 0.29) is 76.1 Å². The molecule has 5 aromatic rings. The van der Waals surface area contributed by atoms with Gasteiger partial charge in [-0.05, 0) is 74.9 Å². The highest BCUT2D eigenvalue weighted by Gasteiger charge is 2.49. The van der Waals surface area contributed by atoms with E-state index in [1.54, 1.807) is 19.1 Å². The number of hydrogen-bond acceptors (Lipinski definition) is 13. The van der Waals surface area contributed by atoms with Gasteiger partial charge >= 0.3 is 19.8 Å². The lowest BCUT2D eigenvalue weighted by molar-refractivity contribution is 0.0598. The van der Waals surface area contributed by atoms with Crippen molar-refractivity contribution in [3.05, 3.63) is 77.5 Å². The summed E-state index contributed by atoms with van der Waals surface area (Å²) in [6.45, 7) is 3.92. The Morgan fingerprint density at radius 2 is 1.88 bits per heavy atom. The Hall–Kier alpha value is -5.46. The van der Waals surface area contributed by atoms with Crippen LogP contribution in [0.15, 0.2) is 54.7 Å². The zero-order chi connectivity index (χ0) is 41.8. The number of anilines is 1. The largest absolute Gasteiger partial charge is 0.587 e. The third-order valence-corrected chi connectivity index (χ3v) is 13.3. The molecule has 5 atom stereocenters. The average molecular weight is 843 g/mol. The molecule has 4 aliphatic heterocycles. The molecule has 9 rings (SSSR count). The van der Waals surface area contributed by atoms with Crippen LogP contribution in [0.4, 0.5) is 19.0 Å². The number of esters is 1. The number of methoxy groups -OCH3 is 1. The normalized spacial score (nSPS) is 23.3. The quantitative estimate of drug-likeness (QED) is 0.0760. The van der Waals surface area contributed by atoms with Crippen molar-refractivity contribution in [1.82, 2.24) is 25.2 Å². The van der Waals surface area contributed by atoms with Crippen LogP contribution in [0.3, 0.4) is 0 Å². The molecule has 4 saturated heterocycles. The highest BCUT2D eigenvalue weighted by molar-refractivity contribution is 7.49. The first-order chi connectivity index (χ1) is 29.0. The van der Waals surface area contributed by atoms with Crippen molar-refractivity contribution in [3.63, 3.8) is 0 Å². The molecular weight excluding hydrogens is 800 g/mol. The third-order valence-electron chi connectivity index (χ3n) is 11.8. The molecule has 1 N–H and O–H groups in total. The van der Waals surface area contributed by atoms with E-state index in [1.807, 2.05) is 0 Å². The van der Waals surface area contributed by atoms with Crippen LogP contribution in [0.1, 0.15) is 54.9 Å². The lowest BCUT2D eigenvalue weighted by atomic mass is 9.95. The van der Waals surface area contributed by atoms with Crippen LogP contribution in [0.5, 0.6) is 17.5 Å². The minimum atomic E-state index is -4.58. The Bertz CT molecular complexity index is 2600. The Balaban J connectivity index is 1.17. The van der Waals surface area contributed by atoms with Crippen LogP contribution in [0, 0.1) is 24.0 Å². The Labute approximate surface area is 344 Å². The minimum Gasteiger partial charge on any atom is -0.465 e. The molecule has 17 heteroatoms. The lowest BCUT2D eigenvalue weighted by Crippen LogP contribution is -2.51. The summed E-state index contributed by atoms with van der Waals surface area (Å²) in [4.78, 5) is 30.8. The van der Waals surface area contributed by atoms with Gasteiger partial charge < -0.3 is 28.7 Å². The van der Waals surface area contributed by atoms with Crippen molar-refractivity contribution >= 4 is 41.3 Å². The molecule has 6 heterocycles. The molecule has 0 radical (unpaired) electrons. The van der Waals surface area contributed by atoms with Crippen LogP contribution >= 0.6 is 7.82 Å². The number of nitrogens with zero attached hydrogens (tertiary/aromatic N) is 5. The lowest BCUT2D eigenvalue weighted by Gasteiger charge is -2.34. The van der Waals surface area contributed by atoms with Gasteiger partial charge in [-0.3, -0.25) is 14.4 Å². The SMILES string of the molecule is C#Cc1c(F)ccc2cc(OP(=O)(OCC)Oc3ccccc3C(=O)OC)cc(-c3ncc4c(N5CC6CCC(C5)N6)nc(OC[C@@]56CCCN5C[C@H](F)C6)nc4c3F)c12. The number of ether oxygens (including phenoxy) is 2. The first-order valence-corrected chi connectivity index (χ1v) is 21.4. The number of hydrogen-bond donors (Lipinski definition) is 1. The second kappa shape index (κ2) is 15.9. The molecule has 2 aromatic heterocycles. The molecule has 0 amide bonds. The number of nitrogens with one attached hydrogen (secondary N) is 1. The van der Waals surface area contributed by atoms with Gasteiger partial charge in [0.25, 0.3) is 0 Å². The summed E-state index contributed by atoms with van der Waals surface area (Å²) in [6.07, 6.45) is 10.3. The summed E-state index contributed by atoms with van der Waals surface area (Å²) < 4.78 is 90.3. The maximum Gasteiger partial charge on any atom is 0.587 e. The van der Waals surface area contributed by atoms with Gasteiger partial charge in [0, 0.05) is 55.3 Å². The smallest absolute Gasteiger partial charge is 0.465 e. The predicted molar refractivity (Wildman–Crippen MR) is 217 cm³/mol. The van der Waals surface area contributed by atoms with E-state index in [0.717, 1.165) is 38.3 Å². The number of phosphoric ester groups is 1. The first-order valence-electron chi connectivity index (χ1n) is 19.9. The zero-order valence-electron chi connectivity index (χ0n) is 33.0. The third kappa shape index (κ3) is 7.27. The van der Waals surface area contributed by atoms with Gasteiger partial charge in [0.05, 0.1) is 30.2 Å². The Kier molecular flexibility index (Phi) is 10.6. The van der Waals surface area contributed by atoms with Crippen LogP contribution in [-0.2, 0) is 13.8 Å². The molecule has 13 nitrogen and oxygen atoms in total. The standard InChI is InChI=1S/C43H42F3N6O7P/c1-4-30-34(45)14-11-25-17-29(58-60(54,57-5-2)59-35-10-7-6-9-31(35)41(53)55-3)18-32(36(25)30)38-37(46)39-33(20-47-38)40(51-22-27-12-13-28(23-51)48-27)50-42(49-39)56-24-43-15-8-16-52(43)21-26(44)19-43/h1,6-7,9-11,14,17-18,20,26-28,48H,5,8,12-13,15-16,19,21-24H2,2-3H3/t26-,27?,28?,43+,60?/m1/s1. The molecule has 3 unspecified atom stereocenters. The van der Waals surface area contributed by atoms with E-state index in [0.29, 0.717) is 42.6 Å². The van der Waals surface area contributed by atoms with E-state index in [4.69, 9.17) is 34.5 Å². The summed E-state index contributed by atoms with van der Waals surface area (Å²) in [5.41, 5.74) is -1.09. The van der Waals surface area contributed by atoms with Crippen LogP contribution < -0.4 is 24.0 Å². The van der Waals surface area contributed by atoms with E-state index in [2.05, 4.69) is 31.0 Å². The van der Waals surface area contributed by atoms with Gasteiger partial charge in [-0.15, -0.1) is 6.42 Å². The van der Waals surface area contributed by atoms with Crippen molar-refractivity contribution in [2.24, 2.45) is 0 Å². The molecule has 60 heavy (non-hydrogen) atoms. The van der Waals surface area contributed by atoms with Gasteiger partial charge in [0.2, 0.25) is 0 Å².